The third-order valence-corrected chi connectivity index (χ3v) is 8.33. The Morgan fingerprint density at radius 3 is 2.39 bits per heavy atom. The molecule has 0 bridgehead atoms. The first kappa shape index (κ1) is 28.5. The summed E-state index contributed by atoms with van der Waals surface area (Å²) in [5, 5.41) is 1.18. The largest absolute Gasteiger partial charge is 0.469 e. The average Bonchev–Trinajstić information content (AvgIpc) is 2.93. The van der Waals surface area contributed by atoms with Crippen LogP contribution in [0.25, 0.3) is 0 Å². The molecule has 3 aromatic carbocycles. The first-order valence-corrected chi connectivity index (χ1v) is 14.5. The van der Waals surface area contributed by atoms with Gasteiger partial charge in [0.05, 0.1) is 19.6 Å². The standard InChI is InChI=1S/C30H31Cl2NO4S/c1-3-25(19-38-18-20-8-5-4-6-9-20)33-28(21-12-14-23(31)15-13-21)29(22-10-7-11-24(32)16-22)37-26(30(33)35)17-27(34)36-2/h4-16,25-26,28-29H,3,17-19H2,1-2H3/t25?,26-,28-,29-/m1/s1. The second-order valence-electron chi connectivity index (χ2n) is 9.19. The highest BCUT2D eigenvalue weighted by Crippen LogP contribution is 2.45. The van der Waals surface area contributed by atoms with Crippen LogP contribution in [0.3, 0.4) is 0 Å². The number of benzene rings is 3. The van der Waals surface area contributed by atoms with Crippen LogP contribution in [0.2, 0.25) is 10.0 Å². The molecule has 1 aliphatic heterocycles. The Labute approximate surface area is 238 Å². The van der Waals surface area contributed by atoms with Crippen molar-refractivity contribution in [3.05, 3.63) is 106 Å². The second kappa shape index (κ2) is 13.5. The zero-order chi connectivity index (χ0) is 27.1. The number of thioether (sulfide) groups is 1. The molecule has 1 amide bonds. The summed E-state index contributed by atoms with van der Waals surface area (Å²) in [4.78, 5) is 28.2. The number of amides is 1. The van der Waals surface area contributed by atoms with Crippen molar-refractivity contribution in [1.82, 2.24) is 4.90 Å². The predicted octanol–water partition coefficient (Wildman–Crippen LogP) is 7.28. The molecule has 200 valence electrons. The van der Waals surface area contributed by atoms with Gasteiger partial charge in [0.25, 0.3) is 5.91 Å². The second-order valence-corrected chi connectivity index (χ2v) is 11.1. The number of halogens is 2. The molecule has 0 N–H and O–H groups in total. The quantitative estimate of drug-likeness (QED) is 0.239. The minimum absolute atomic E-state index is 0.0948. The van der Waals surface area contributed by atoms with Gasteiger partial charge < -0.3 is 14.4 Å². The van der Waals surface area contributed by atoms with Crippen LogP contribution in [0.1, 0.15) is 48.6 Å². The Balaban J connectivity index is 1.73. The number of nitrogens with zero attached hydrogens (tertiary/aromatic N) is 1. The summed E-state index contributed by atoms with van der Waals surface area (Å²) in [5.74, 6) is 0.851. The van der Waals surface area contributed by atoms with Gasteiger partial charge in [-0.15, -0.1) is 0 Å². The Hall–Kier alpha value is -2.51. The number of carbonyl (C=O) groups is 2. The molecule has 3 aromatic rings. The number of hydrogen-bond donors (Lipinski definition) is 0. The fraction of sp³-hybridized carbons (Fsp3) is 0.333. The highest BCUT2D eigenvalue weighted by atomic mass is 35.5. The van der Waals surface area contributed by atoms with Crippen molar-refractivity contribution in [2.24, 2.45) is 0 Å². The van der Waals surface area contributed by atoms with Gasteiger partial charge in [0, 0.05) is 27.6 Å². The first-order chi connectivity index (χ1) is 18.4. The SMILES string of the molecule is CCC(CSCc1ccccc1)N1C(=O)[C@@H](CC(=O)OC)O[C@H](c2cccc(Cl)c2)[C@H]1c1ccc(Cl)cc1. The smallest absolute Gasteiger partial charge is 0.308 e. The monoisotopic (exact) mass is 571 g/mol. The van der Waals surface area contributed by atoms with Crippen LogP contribution in [0, 0.1) is 0 Å². The molecule has 1 aliphatic rings. The van der Waals surface area contributed by atoms with E-state index in [0.29, 0.717) is 10.0 Å². The third kappa shape index (κ3) is 6.92. The molecule has 4 atom stereocenters. The third-order valence-electron chi connectivity index (χ3n) is 6.68. The van der Waals surface area contributed by atoms with E-state index < -0.39 is 24.2 Å². The van der Waals surface area contributed by atoms with Gasteiger partial charge in [0.1, 0.15) is 12.2 Å². The molecular formula is C30H31Cl2NO4S. The number of esters is 1. The molecule has 0 saturated carbocycles. The van der Waals surface area contributed by atoms with Gasteiger partial charge in [-0.1, -0.05) is 84.7 Å². The fourth-order valence-corrected chi connectivity index (χ4v) is 6.30. The van der Waals surface area contributed by atoms with E-state index in [1.807, 2.05) is 65.6 Å². The summed E-state index contributed by atoms with van der Waals surface area (Å²) in [6, 6.07) is 24.7. The van der Waals surface area contributed by atoms with E-state index in [0.717, 1.165) is 29.1 Å². The van der Waals surface area contributed by atoms with Crippen molar-refractivity contribution in [2.75, 3.05) is 12.9 Å². The maximum atomic E-state index is 14.0. The number of methoxy groups -OCH3 is 1. The first-order valence-electron chi connectivity index (χ1n) is 12.6. The molecule has 1 heterocycles. The van der Waals surface area contributed by atoms with Gasteiger partial charge in [-0.3, -0.25) is 9.59 Å². The lowest BCUT2D eigenvalue weighted by Crippen LogP contribution is -2.55. The van der Waals surface area contributed by atoms with Gasteiger partial charge in [0.2, 0.25) is 0 Å². The van der Waals surface area contributed by atoms with Gasteiger partial charge in [0.15, 0.2) is 0 Å². The van der Waals surface area contributed by atoms with E-state index >= 15 is 0 Å². The van der Waals surface area contributed by atoms with Crippen LogP contribution in [-0.2, 0) is 24.8 Å². The lowest BCUT2D eigenvalue weighted by molar-refractivity contribution is -0.183. The van der Waals surface area contributed by atoms with E-state index in [1.54, 1.807) is 17.8 Å². The molecule has 1 fully saturated rings. The van der Waals surface area contributed by atoms with E-state index in [2.05, 4.69) is 19.1 Å². The fourth-order valence-electron chi connectivity index (χ4n) is 4.76. The molecule has 0 aromatic heterocycles. The summed E-state index contributed by atoms with van der Waals surface area (Å²) >= 11 is 14.4. The molecule has 1 unspecified atom stereocenters. The zero-order valence-electron chi connectivity index (χ0n) is 21.4. The van der Waals surface area contributed by atoms with Crippen LogP contribution in [-0.4, -0.2) is 41.8 Å². The Morgan fingerprint density at radius 1 is 1.00 bits per heavy atom. The molecule has 0 aliphatic carbocycles. The predicted molar refractivity (Wildman–Crippen MR) is 153 cm³/mol. The normalized spacial score (nSPS) is 20.3. The number of rotatable bonds is 10. The molecule has 5 nitrogen and oxygen atoms in total. The molecular weight excluding hydrogens is 541 g/mol. The minimum atomic E-state index is -0.969. The van der Waals surface area contributed by atoms with Crippen LogP contribution in [0.4, 0.5) is 0 Å². The van der Waals surface area contributed by atoms with Crippen LogP contribution in [0.5, 0.6) is 0 Å². The van der Waals surface area contributed by atoms with E-state index in [4.69, 9.17) is 32.7 Å². The lowest BCUT2D eigenvalue weighted by atomic mass is 9.89. The Kier molecular flexibility index (Phi) is 10.1. The van der Waals surface area contributed by atoms with Crippen molar-refractivity contribution in [2.45, 2.75) is 49.8 Å². The summed E-state index contributed by atoms with van der Waals surface area (Å²) in [7, 11) is 1.31. The van der Waals surface area contributed by atoms with Crippen molar-refractivity contribution < 1.29 is 19.1 Å². The van der Waals surface area contributed by atoms with E-state index in [9.17, 15) is 9.59 Å². The summed E-state index contributed by atoms with van der Waals surface area (Å²) in [6.45, 7) is 2.08. The van der Waals surface area contributed by atoms with Crippen LogP contribution in [0.15, 0.2) is 78.9 Å². The minimum Gasteiger partial charge on any atom is -0.469 e. The molecule has 4 rings (SSSR count). The molecule has 38 heavy (non-hydrogen) atoms. The Bertz CT molecular complexity index is 1220. The zero-order valence-corrected chi connectivity index (χ0v) is 23.7. The molecule has 8 heteroatoms. The molecule has 1 saturated heterocycles. The topological polar surface area (TPSA) is 55.8 Å². The molecule has 0 radical (unpaired) electrons. The van der Waals surface area contributed by atoms with Gasteiger partial charge in [-0.05, 0) is 47.4 Å². The van der Waals surface area contributed by atoms with Crippen molar-refractivity contribution in [3.63, 3.8) is 0 Å². The van der Waals surface area contributed by atoms with E-state index in [1.165, 1.54) is 12.7 Å². The van der Waals surface area contributed by atoms with Crippen LogP contribution < -0.4 is 0 Å². The van der Waals surface area contributed by atoms with Gasteiger partial charge in [-0.25, -0.2) is 0 Å². The highest BCUT2D eigenvalue weighted by molar-refractivity contribution is 7.98. The molecule has 0 spiro atoms. The number of morpholine rings is 1. The summed E-state index contributed by atoms with van der Waals surface area (Å²) in [5.41, 5.74) is 2.96. The maximum Gasteiger partial charge on any atom is 0.308 e. The number of carbonyl (C=O) groups excluding carboxylic acids is 2. The number of hydrogen-bond acceptors (Lipinski definition) is 5. The van der Waals surface area contributed by atoms with Crippen LogP contribution >= 0.6 is 35.0 Å². The van der Waals surface area contributed by atoms with Crippen molar-refractivity contribution in [3.8, 4) is 0 Å². The lowest BCUT2D eigenvalue weighted by Gasteiger charge is -2.48. The van der Waals surface area contributed by atoms with Crippen molar-refractivity contribution >= 4 is 46.8 Å². The van der Waals surface area contributed by atoms with E-state index in [-0.39, 0.29) is 18.4 Å². The van der Waals surface area contributed by atoms with Gasteiger partial charge in [-0.2, -0.15) is 11.8 Å². The summed E-state index contributed by atoms with van der Waals surface area (Å²) < 4.78 is 11.3. The average molecular weight is 573 g/mol. The number of ether oxygens (including phenoxy) is 2. The van der Waals surface area contributed by atoms with Gasteiger partial charge >= 0.3 is 5.97 Å². The van der Waals surface area contributed by atoms with Crippen molar-refractivity contribution in [1.29, 1.82) is 0 Å². The Morgan fingerprint density at radius 2 is 1.74 bits per heavy atom. The maximum absolute atomic E-state index is 14.0. The highest BCUT2D eigenvalue weighted by Gasteiger charge is 2.47. The summed E-state index contributed by atoms with van der Waals surface area (Å²) in [6.07, 6.45) is -0.937.